The summed E-state index contributed by atoms with van der Waals surface area (Å²) in [5.41, 5.74) is 2.42. The third-order valence-electron chi connectivity index (χ3n) is 5.41. The molecule has 26 heavy (non-hydrogen) atoms. The number of rotatable bonds is 6. The third kappa shape index (κ3) is 3.50. The van der Waals surface area contributed by atoms with E-state index in [2.05, 4.69) is 31.8 Å². The van der Waals surface area contributed by atoms with Crippen molar-refractivity contribution >= 4 is 29.7 Å². The summed E-state index contributed by atoms with van der Waals surface area (Å²) in [6.45, 7) is 7.75. The van der Waals surface area contributed by atoms with Crippen LogP contribution in [-0.4, -0.2) is 39.6 Å². The molecule has 0 amide bonds. The molecule has 1 radical (unpaired) electrons. The van der Waals surface area contributed by atoms with Gasteiger partial charge in [0.1, 0.15) is 4.90 Å². The van der Waals surface area contributed by atoms with Gasteiger partial charge in [0.15, 0.2) is 0 Å². The quantitative estimate of drug-likeness (QED) is 0.542. The highest BCUT2D eigenvalue weighted by atomic mass is 32.2. The van der Waals surface area contributed by atoms with Crippen molar-refractivity contribution in [3.63, 3.8) is 0 Å². The van der Waals surface area contributed by atoms with Crippen LogP contribution in [0.1, 0.15) is 27.2 Å². The van der Waals surface area contributed by atoms with E-state index in [1.54, 1.807) is 22.6 Å². The molecule has 3 rings (SSSR count). The average molecular weight is 388 g/mol. The minimum atomic E-state index is -3.56. The van der Waals surface area contributed by atoms with Gasteiger partial charge in [-0.3, -0.25) is 4.98 Å². The monoisotopic (exact) mass is 387 g/mol. The second kappa shape index (κ2) is 8.02. The first-order chi connectivity index (χ1) is 12.5. The van der Waals surface area contributed by atoms with Gasteiger partial charge in [0.2, 0.25) is 10.0 Å². The Kier molecular flexibility index (Phi) is 5.95. The minimum absolute atomic E-state index is 0.324. The minimum Gasteiger partial charge on any atom is -0.255 e. The van der Waals surface area contributed by atoms with Gasteiger partial charge in [-0.1, -0.05) is 62.7 Å². The van der Waals surface area contributed by atoms with Crippen LogP contribution in [0.5, 0.6) is 0 Å². The van der Waals surface area contributed by atoms with Crippen LogP contribution in [0.4, 0.5) is 0 Å². The molecule has 6 heteroatoms. The molecule has 0 aliphatic carbocycles. The number of aromatic nitrogens is 1. The van der Waals surface area contributed by atoms with Gasteiger partial charge in [-0.05, 0) is 24.1 Å². The summed E-state index contributed by atoms with van der Waals surface area (Å²) in [6.07, 6.45) is 4.83. The molecule has 0 spiro atoms. The van der Waals surface area contributed by atoms with Gasteiger partial charge in [-0.15, -0.1) is 0 Å². The molecule has 2 heterocycles. The Balaban J connectivity index is 2.01. The van der Waals surface area contributed by atoms with Crippen molar-refractivity contribution in [3.05, 3.63) is 48.2 Å². The highest BCUT2D eigenvalue weighted by Crippen LogP contribution is 2.35. The number of hydrogen-bond acceptors (Lipinski definition) is 3. The third-order valence-corrected chi connectivity index (χ3v) is 10.6. The van der Waals surface area contributed by atoms with E-state index < -0.39 is 18.8 Å². The fraction of sp³-hybridized carbons (Fsp3) is 0.450. The maximum Gasteiger partial charge on any atom is 0.245 e. The molecule has 1 aromatic heterocycles. The normalized spacial score (nSPS) is 19.1. The number of pyridine rings is 1. The fourth-order valence-corrected chi connectivity index (χ4v) is 8.40. The Labute approximate surface area is 158 Å². The number of benzene rings is 1. The molecule has 1 aromatic carbocycles. The Morgan fingerprint density at radius 1 is 1.15 bits per heavy atom. The molecule has 139 valence electrons. The average Bonchev–Trinajstić information content (AvgIpc) is 2.68. The summed E-state index contributed by atoms with van der Waals surface area (Å²) in [5.74, 6) is 0. The molecule has 1 aliphatic heterocycles. The molecular weight excluding hydrogens is 360 g/mol. The SMILES string of the molecule is CCC1=CCN(S(=O)(=O)c2cccc3cccnc23)C[C@@H]1[Si](CC)CC. The molecule has 0 saturated carbocycles. The van der Waals surface area contributed by atoms with Crippen LogP contribution in [0.3, 0.4) is 0 Å². The zero-order valence-corrected chi connectivity index (χ0v) is 17.6. The summed E-state index contributed by atoms with van der Waals surface area (Å²) in [5, 5.41) is 0.860. The molecule has 0 fully saturated rings. The second-order valence-corrected chi connectivity index (χ2v) is 12.0. The van der Waals surface area contributed by atoms with Crippen LogP contribution in [0.2, 0.25) is 17.6 Å². The molecule has 0 saturated heterocycles. The molecular formula is C20H27N2O2SSi. The maximum absolute atomic E-state index is 13.4. The van der Waals surface area contributed by atoms with Crippen molar-refractivity contribution in [1.29, 1.82) is 0 Å². The van der Waals surface area contributed by atoms with Crippen molar-refractivity contribution in [2.24, 2.45) is 0 Å². The predicted octanol–water partition coefficient (Wildman–Crippen LogP) is 4.48. The zero-order chi connectivity index (χ0) is 18.7. The molecule has 4 nitrogen and oxygen atoms in total. The van der Waals surface area contributed by atoms with E-state index in [-0.39, 0.29) is 0 Å². The lowest BCUT2D eigenvalue weighted by atomic mass is 10.1. The van der Waals surface area contributed by atoms with Crippen LogP contribution in [-0.2, 0) is 10.0 Å². The van der Waals surface area contributed by atoms with Crippen LogP contribution < -0.4 is 0 Å². The van der Waals surface area contributed by atoms with Crippen molar-refractivity contribution in [2.75, 3.05) is 13.1 Å². The molecule has 0 unspecified atom stereocenters. The van der Waals surface area contributed by atoms with Gasteiger partial charge >= 0.3 is 0 Å². The number of fused-ring (bicyclic) bond motifs is 1. The van der Waals surface area contributed by atoms with E-state index in [0.717, 1.165) is 11.8 Å². The van der Waals surface area contributed by atoms with Crippen molar-refractivity contribution in [3.8, 4) is 0 Å². The van der Waals surface area contributed by atoms with Gasteiger partial charge in [0.05, 0.1) is 14.3 Å². The van der Waals surface area contributed by atoms with Crippen LogP contribution in [0, 0.1) is 0 Å². The van der Waals surface area contributed by atoms with Gasteiger partial charge in [-0.25, -0.2) is 8.42 Å². The highest BCUT2D eigenvalue weighted by Gasteiger charge is 2.35. The Bertz CT molecular complexity index is 902. The van der Waals surface area contributed by atoms with E-state index in [1.165, 1.54) is 17.7 Å². The Morgan fingerprint density at radius 2 is 1.88 bits per heavy atom. The summed E-state index contributed by atoms with van der Waals surface area (Å²) < 4.78 is 28.5. The van der Waals surface area contributed by atoms with Crippen molar-refractivity contribution in [2.45, 2.75) is 49.7 Å². The van der Waals surface area contributed by atoms with Crippen LogP contribution in [0.25, 0.3) is 10.9 Å². The molecule has 0 bridgehead atoms. The predicted molar refractivity (Wildman–Crippen MR) is 109 cm³/mol. The summed E-state index contributed by atoms with van der Waals surface area (Å²) in [7, 11) is -4.15. The van der Waals surface area contributed by atoms with Crippen molar-refractivity contribution in [1.82, 2.24) is 9.29 Å². The topological polar surface area (TPSA) is 50.3 Å². The van der Waals surface area contributed by atoms with Gasteiger partial charge in [0, 0.05) is 24.7 Å². The Hall–Kier alpha value is -1.50. The molecule has 0 N–H and O–H groups in total. The largest absolute Gasteiger partial charge is 0.255 e. The first-order valence-corrected chi connectivity index (χ1v) is 12.8. The van der Waals surface area contributed by atoms with E-state index in [1.807, 2.05) is 18.2 Å². The van der Waals surface area contributed by atoms with Gasteiger partial charge in [-0.2, -0.15) is 4.31 Å². The number of sulfonamides is 1. The smallest absolute Gasteiger partial charge is 0.245 e. The molecule has 1 aliphatic rings. The summed E-state index contributed by atoms with van der Waals surface area (Å²) >= 11 is 0. The first kappa shape index (κ1) is 19.3. The fourth-order valence-electron chi connectivity index (χ4n) is 3.90. The van der Waals surface area contributed by atoms with Gasteiger partial charge in [0.25, 0.3) is 0 Å². The second-order valence-electron chi connectivity index (χ2n) is 6.70. The lowest BCUT2D eigenvalue weighted by molar-refractivity contribution is 0.426. The van der Waals surface area contributed by atoms with Gasteiger partial charge < -0.3 is 0 Å². The maximum atomic E-state index is 13.4. The zero-order valence-electron chi connectivity index (χ0n) is 15.8. The van der Waals surface area contributed by atoms with Crippen LogP contribution >= 0.6 is 0 Å². The number of para-hydroxylation sites is 1. The Morgan fingerprint density at radius 3 is 2.58 bits per heavy atom. The summed E-state index contributed by atoms with van der Waals surface area (Å²) in [4.78, 5) is 4.67. The standard InChI is InChI=1S/C20H27N2O2SSi/c1-4-16-12-14-22(15-19(16)26(5-2)6-3)25(23,24)18-11-7-9-17-10-8-13-21-20(17)18/h7-13,19H,4-6,14-15H2,1-3H3/t19-/m0/s1. The molecule has 2 aromatic rings. The lowest BCUT2D eigenvalue weighted by Crippen LogP contribution is -2.41. The first-order valence-electron chi connectivity index (χ1n) is 9.40. The highest BCUT2D eigenvalue weighted by molar-refractivity contribution is 7.89. The number of hydrogen-bond donors (Lipinski definition) is 0. The van der Waals surface area contributed by atoms with E-state index in [4.69, 9.17) is 0 Å². The van der Waals surface area contributed by atoms with Crippen LogP contribution in [0.15, 0.2) is 53.1 Å². The summed E-state index contributed by atoms with van der Waals surface area (Å²) in [6, 6.07) is 11.5. The van der Waals surface area contributed by atoms with E-state index in [9.17, 15) is 8.42 Å². The van der Waals surface area contributed by atoms with E-state index in [0.29, 0.717) is 29.0 Å². The lowest BCUT2D eigenvalue weighted by Gasteiger charge is -2.35. The number of nitrogens with zero attached hydrogens (tertiary/aromatic N) is 2. The molecule has 1 atom stereocenters. The van der Waals surface area contributed by atoms with Crippen molar-refractivity contribution < 1.29 is 8.42 Å². The van der Waals surface area contributed by atoms with E-state index >= 15 is 0 Å².